The highest BCUT2D eigenvalue weighted by Gasteiger charge is 2.24. The molecule has 0 heterocycles. The average molecular weight is 346 g/mol. The molecule has 19 heavy (non-hydrogen) atoms. The highest BCUT2D eigenvalue weighted by atomic mass is 79.9. The van der Waals surface area contributed by atoms with E-state index in [0.717, 1.165) is 22.9 Å². The second-order valence-electron chi connectivity index (χ2n) is 5.00. The number of carbonyl (C=O) groups excluding carboxylic acids is 1. The van der Waals surface area contributed by atoms with E-state index in [-0.39, 0.29) is 5.91 Å². The third-order valence-corrected chi connectivity index (χ3v) is 4.49. The minimum atomic E-state index is -0.463. The molecular weight excluding hydrogens is 328 g/mol. The number of amides is 1. The first-order valence-electron chi connectivity index (χ1n) is 6.58. The number of nitrogens with two attached hydrogens (primary N) is 1. The molecule has 3 N–H and O–H groups in total. The molecule has 0 radical (unpaired) electrons. The van der Waals surface area contributed by atoms with E-state index in [1.807, 2.05) is 6.07 Å². The van der Waals surface area contributed by atoms with Crippen LogP contribution in [-0.4, -0.2) is 11.9 Å². The van der Waals surface area contributed by atoms with Gasteiger partial charge in [-0.05, 0) is 30.5 Å². The van der Waals surface area contributed by atoms with Gasteiger partial charge in [0.05, 0.1) is 0 Å². The monoisotopic (exact) mass is 344 g/mol. The molecular formula is C14H18BrClN2O. The molecule has 0 bridgehead atoms. The standard InChI is InChI=1S/C14H18BrClN2O/c15-12-8-9(16)6-7-11(12)13(14(17)19)18-10-4-2-1-3-5-10/h6-8,10,13,18H,1-5H2,(H2,17,19). The van der Waals surface area contributed by atoms with Crippen molar-refractivity contribution in [1.29, 1.82) is 0 Å². The van der Waals surface area contributed by atoms with Crippen molar-refractivity contribution in [1.82, 2.24) is 5.32 Å². The minimum absolute atomic E-state index is 0.353. The minimum Gasteiger partial charge on any atom is -0.368 e. The van der Waals surface area contributed by atoms with Gasteiger partial charge in [0.2, 0.25) is 5.91 Å². The first-order chi connectivity index (χ1) is 9.08. The average Bonchev–Trinajstić information content (AvgIpc) is 2.38. The maximum atomic E-state index is 11.7. The van der Waals surface area contributed by atoms with E-state index >= 15 is 0 Å². The van der Waals surface area contributed by atoms with Crippen LogP contribution in [0.4, 0.5) is 0 Å². The molecule has 1 fully saturated rings. The zero-order chi connectivity index (χ0) is 13.8. The van der Waals surface area contributed by atoms with Crippen LogP contribution in [0.2, 0.25) is 5.02 Å². The highest BCUT2D eigenvalue weighted by Crippen LogP contribution is 2.28. The summed E-state index contributed by atoms with van der Waals surface area (Å²) in [5.41, 5.74) is 6.39. The Balaban J connectivity index is 2.17. The summed E-state index contributed by atoms with van der Waals surface area (Å²) in [5, 5.41) is 4.02. The summed E-state index contributed by atoms with van der Waals surface area (Å²) in [5.74, 6) is -0.353. The number of hydrogen-bond acceptors (Lipinski definition) is 2. The van der Waals surface area contributed by atoms with Crippen LogP contribution in [0.1, 0.15) is 43.7 Å². The normalized spacial score (nSPS) is 18.2. The molecule has 0 aliphatic heterocycles. The molecule has 2 rings (SSSR count). The SMILES string of the molecule is NC(=O)C(NC1CCCCC1)c1ccc(Cl)cc1Br. The second-order valence-corrected chi connectivity index (χ2v) is 6.29. The zero-order valence-corrected chi connectivity index (χ0v) is 13.0. The van der Waals surface area contributed by atoms with Gasteiger partial charge in [0.25, 0.3) is 0 Å². The van der Waals surface area contributed by atoms with Gasteiger partial charge in [-0.15, -0.1) is 0 Å². The predicted octanol–water partition coefficient (Wildman–Crippen LogP) is 3.55. The second kappa shape index (κ2) is 6.73. The van der Waals surface area contributed by atoms with Crippen LogP contribution >= 0.6 is 27.5 Å². The molecule has 0 spiro atoms. The first kappa shape index (κ1) is 14.8. The van der Waals surface area contributed by atoms with Crippen molar-refractivity contribution in [2.75, 3.05) is 0 Å². The molecule has 1 aromatic carbocycles. The smallest absolute Gasteiger partial charge is 0.239 e. The van der Waals surface area contributed by atoms with Crippen molar-refractivity contribution in [2.24, 2.45) is 5.73 Å². The fourth-order valence-electron chi connectivity index (χ4n) is 2.57. The number of benzene rings is 1. The van der Waals surface area contributed by atoms with Crippen LogP contribution in [0, 0.1) is 0 Å². The third-order valence-electron chi connectivity index (χ3n) is 3.57. The van der Waals surface area contributed by atoms with E-state index in [1.165, 1.54) is 19.3 Å². The number of rotatable bonds is 4. The van der Waals surface area contributed by atoms with E-state index in [2.05, 4.69) is 21.2 Å². The molecule has 5 heteroatoms. The van der Waals surface area contributed by atoms with E-state index < -0.39 is 6.04 Å². The van der Waals surface area contributed by atoms with Gasteiger partial charge in [-0.2, -0.15) is 0 Å². The maximum Gasteiger partial charge on any atom is 0.239 e. The third kappa shape index (κ3) is 3.94. The first-order valence-corrected chi connectivity index (χ1v) is 7.75. The van der Waals surface area contributed by atoms with Gasteiger partial charge in [-0.1, -0.05) is 52.9 Å². The van der Waals surface area contributed by atoms with Crippen LogP contribution in [0.25, 0.3) is 0 Å². The number of nitrogens with one attached hydrogen (secondary N) is 1. The van der Waals surface area contributed by atoms with Crippen molar-refractivity contribution < 1.29 is 4.79 Å². The van der Waals surface area contributed by atoms with Crippen LogP contribution < -0.4 is 11.1 Å². The van der Waals surface area contributed by atoms with Crippen LogP contribution in [-0.2, 0) is 4.79 Å². The Morgan fingerprint density at radius 2 is 2.05 bits per heavy atom. The van der Waals surface area contributed by atoms with Crippen molar-refractivity contribution in [3.8, 4) is 0 Å². The summed E-state index contributed by atoms with van der Waals surface area (Å²) >= 11 is 9.38. The summed E-state index contributed by atoms with van der Waals surface area (Å²) in [4.78, 5) is 11.7. The molecule has 1 aliphatic carbocycles. The van der Waals surface area contributed by atoms with Crippen molar-refractivity contribution in [3.05, 3.63) is 33.3 Å². The molecule has 1 atom stereocenters. The molecule has 0 aromatic heterocycles. The number of primary amides is 1. The lowest BCUT2D eigenvalue weighted by atomic mass is 9.94. The number of halogens is 2. The largest absolute Gasteiger partial charge is 0.368 e. The molecule has 1 amide bonds. The molecule has 104 valence electrons. The van der Waals surface area contributed by atoms with Gasteiger partial charge in [-0.25, -0.2) is 0 Å². The lowest BCUT2D eigenvalue weighted by molar-refractivity contribution is -0.120. The highest BCUT2D eigenvalue weighted by molar-refractivity contribution is 9.10. The van der Waals surface area contributed by atoms with Crippen LogP contribution in [0.3, 0.4) is 0 Å². The fourth-order valence-corrected chi connectivity index (χ4v) is 3.48. The molecule has 1 saturated carbocycles. The zero-order valence-electron chi connectivity index (χ0n) is 10.7. The summed E-state index contributed by atoms with van der Waals surface area (Å²) in [7, 11) is 0. The van der Waals surface area contributed by atoms with E-state index in [1.54, 1.807) is 12.1 Å². The Bertz CT molecular complexity index is 461. The van der Waals surface area contributed by atoms with Crippen LogP contribution in [0.15, 0.2) is 22.7 Å². The fraction of sp³-hybridized carbons (Fsp3) is 0.500. The van der Waals surface area contributed by atoms with Crippen molar-refractivity contribution in [3.63, 3.8) is 0 Å². The Morgan fingerprint density at radius 3 is 2.63 bits per heavy atom. The number of carbonyl (C=O) groups is 1. The lowest BCUT2D eigenvalue weighted by Gasteiger charge is -2.27. The summed E-state index contributed by atoms with van der Waals surface area (Å²) in [6, 6.07) is 5.32. The molecule has 1 aromatic rings. The Morgan fingerprint density at radius 1 is 1.37 bits per heavy atom. The Hall–Kier alpha value is -0.580. The summed E-state index contributed by atoms with van der Waals surface area (Å²) in [6.45, 7) is 0. The van der Waals surface area contributed by atoms with Gasteiger partial charge in [0.15, 0.2) is 0 Å². The molecule has 1 aliphatic rings. The number of hydrogen-bond donors (Lipinski definition) is 2. The molecule has 0 saturated heterocycles. The predicted molar refractivity (Wildman–Crippen MR) is 81.1 cm³/mol. The summed E-state index contributed by atoms with van der Waals surface area (Å²) in [6.07, 6.45) is 5.92. The summed E-state index contributed by atoms with van der Waals surface area (Å²) < 4.78 is 0.812. The molecule has 3 nitrogen and oxygen atoms in total. The van der Waals surface area contributed by atoms with E-state index in [0.29, 0.717) is 11.1 Å². The van der Waals surface area contributed by atoms with Gasteiger partial charge < -0.3 is 5.73 Å². The maximum absolute atomic E-state index is 11.7. The van der Waals surface area contributed by atoms with Gasteiger partial charge >= 0.3 is 0 Å². The van der Waals surface area contributed by atoms with Gasteiger partial charge in [-0.3, -0.25) is 10.1 Å². The van der Waals surface area contributed by atoms with E-state index in [9.17, 15) is 4.79 Å². The Kier molecular flexibility index (Phi) is 5.25. The van der Waals surface area contributed by atoms with E-state index in [4.69, 9.17) is 17.3 Å². The van der Waals surface area contributed by atoms with Gasteiger partial charge in [0, 0.05) is 15.5 Å². The van der Waals surface area contributed by atoms with Crippen molar-refractivity contribution in [2.45, 2.75) is 44.2 Å². The topological polar surface area (TPSA) is 55.1 Å². The lowest BCUT2D eigenvalue weighted by Crippen LogP contribution is -2.41. The molecule has 1 unspecified atom stereocenters. The van der Waals surface area contributed by atoms with Gasteiger partial charge in [0.1, 0.15) is 6.04 Å². The van der Waals surface area contributed by atoms with Crippen LogP contribution in [0.5, 0.6) is 0 Å². The Labute approximate surface area is 127 Å². The van der Waals surface area contributed by atoms with Crippen molar-refractivity contribution >= 4 is 33.4 Å². The quantitative estimate of drug-likeness (QED) is 0.877.